The fourth-order valence-corrected chi connectivity index (χ4v) is 3.75. The lowest BCUT2D eigenvalue weighted by Crippen LogP contribution is -2.41. The molecule has 2 heterocycles. The maximum absolute atomic E-state index is 12.2. The molecule has 2 aromatic heterocycles. The summed E-state index contributed by atoms with van der Waals surface area (Å²) < 4.78 is 1.98. The topological polar surface area (TPSA) is 67.2 Å². The summed E-state index contributed by atoms with van der Waals surface area (Å²) in [7, 11) is 0. The first-order chi connectivity index (χ1) is 10.7. The Kier molecular flexibility index (Phi) is 4.90. The summed E-state index contributed by atoms with van der Waals surface area (Å²) in [5.41, 5.74) is 0. The molecule has 118 valence electrons. The van der Waals surface area contributed by atoms with Gasteiger partial charge in [0.1, 0.15) is 0 Å². The minimum Gasteiger partial charge on any atom is -0.393 e. The van der Waals surface area contributed by atoms with Gasteiger partial charge in [-0.1, -0.05) is 6.07 Å². The second-order valence-electron chi connectivity index (χ2n) is 5.85. The molecule has 1 atom stereocenters. The molecule has 1 aliphatic rings. The summed E-state index contributed by atoms with van der Waals surface area (Å²) >= 11 is 1.66. The molecule has 0 spiro atoms. The van der Waals surface area contributed by atoms with Gasteiger partial charge in [-0.3, -0.25) is 4.79 Å². The van der Waals surface area contributed by atoms with E-state index in [0.717, 1.165) is 25.8 Å². The number of hydrogen-bond acceptors (Lipinski definition) is 4. The number of carbonyl (C=O) groups excluding carboxylic acids is 1. The number of carbonyl (C=O) groups is 1. The molecule has 3 rings (SSSR count). The Bertz CT molecular complexity index is 577. The third-order valence-electron chi connectivity index (χ3n) is 4.17. The Morgan fingerprint density at radius 1 is 1.55 bits per heavy atom. The number of aromatic nitrogens is 2. The predicted molar refractivity (Wildman–Crippen MR) is 85.4 cm³/mol. The zero-order valence-corrected chi connectivity index (χ0v) is 13.2. The number of aliphatic hydroxyl groups is 1. The first-order valence-corrected chi connectivity index (χ1v) is 8.57. The van der Waals surface area contributed by atoms with E-state index in [1.807, 2.05) is 22.2 Å². The van der Waals surface area contributed by atoms with E-state index >= 15 is 0 Å². The number of nitrogens with zero attached hydrogens (tertiary/aromatic N) is 2. The fourth-order valence-electron chi connectivity index (χ4n) is 2.88. The van der Waals surface area contributed by atoms with Crippen LogP contribution in [0.25, 0.3) is 0 Å². The summed E-state index contributed by atoms with van der Waals surface area (Å²) in [4.78, 5) is 17.4. The predicted octanol–water partition coefficient (Wildman–Crippen LogP) is 2.35. The highest BCUT2D eigenvalue weighted by Crippen LogP contribution is 2.39. The molecule has 1 aliphatic carbocycles. The van der Waals surface area contributed by atoms with Crippen LogP contribution in [0.1, 0.15) is 36.6 Å². The maximum atomic E-state index is 12.2. The average molecular weight is 319 g/mol. The second kappa shape index (κ2) is 7.07. The number of amides is 1. The van der Waals surface area contributed by atoms with Crippen molar-refractivity contribution >= 4 is 17.2 Å². The van der Waals surface area contributed by atoms with Gasteiger partial charge in [0.25, 0.3) is 0 Å². The number of imidazole rings is 1. The Labute approximate surface area is 134 Å². The van der Waals surface area contributed by atoms with Crippen LogP contribution in [-0.4, -0.2) is 26.7 Å². The fraction of sp³-hybridized carbons (Fsp3) is 0.500. The summed E-state index contributed by atoms with van der Waals surface area (Å²) in [6.45, 7) is 0.805. The van der Waals surface area contributed by atoms with Crippen molar-refractivity contribution in [3.05, 3.63) is 41.1 Å². The van der Waals surface area contributed by atoms with Gasteiger partial charge in [-0.15, -0.1) is 11.3 Å². The minimum atomic E-state index is -0.203. The normalized spacial score (nSPS) is 22.0. The van der Waals surface area contributed by atoms with E-state index in [4.69, 9.17) is 0 Å². The standard InChI is InChI=1S/C16H21N3O2S/c20-13-9-12(10-13)16(14-3-2-8-22-14)18-15(21)4-1-6-19-7-5-17-11-19/h2-3,5,7-8,11-13,16,20H,1,4,6,9-10H2,(H,18,21)/t12?,13?,16-/m0/s1. The molecular formula is C16H21N3O2S. The van der Waals surface area contributed by atoms with Crippen LogP contribution in [0, 0.1) is 5.92 Å². The van der Waals surface area contributed by atoms with Gasteiger partial charge in [0.2, 0.25) is 5.91 Å². The molecule has 2 N–H and O–H groups in total. The number of rotatable bonds is 7. The number of thiophene rings is 1. The Hall–Kier alpha value is -1.66. The van der Waals surface area contributed by atoms with Gasteiger partial charge < -0.3 is 15.0 Å². The summed E-state index contributed by atoms with van der Waals surface area (Å²) in [5, 5.41) is 14.7. The van der Waals surface area contributed by atoms with Crippen LogP contribution in [0.15, 0.2) is 36.2 Å². The third kappa shape index (κ3) is 3.75. The Morgan fingerprint density at radius 2 is 2.41 bits per heavy atom. The van der Waals surface area contributed by atoms with Crippen LogP contribution in [0.5, 0.6) is 0 Å². The lowest BCUT2D eigenvalue weighted by atomic mass is 9.76. The summed E-state index contributed by atoms with van der Waals surface area (Å²) in [6, 6.07) is 4.11. The van der Waals surface area contributed by atoms with Gasteiger partial charge in [-0.2, -0.15) is 0 Å². The molecule has 0 aromatic carbocycles. The molecule has 1 saturated carbocycles. The third-order valence-corrected chi connectivity index (χ3v) is 5.12. The SMILES string of the molecule is O=C(CCCn1ccnc1)N[C@H](c1cccs1)C1CC(O)C1. The van der Waals surface area contributed by atoms with Crippen molar-refractivity contribution in [3.8, 4) is 0 Å². The highest BCUT2D eigenvalue weighted by atomic mass is 32.1. The molecule has 0 radical (unpaired) electrons. The van der Waals surface area contributed by atoms with Gasteiger partial charge in [-0.25, -0.2) is 4.98 Å². The van der Waals surface area contributed by atoms with E-state index in [-0.39, 0.29) is 18.1 Å². The van der Waals surface area contributed by atoms with Crippen LogP contribution in [-0.2, 0) is 11.3 Å². The minimum absolute atomic E-state index is 0.0455. The molecule has 2 aromatic rings. The van der Waals surface area contributed by atoms with E-state index in [1.54, 1.807) is 23.9 Å². The van der Waals surface area contributed by atoms with E-state index in [1.165, 1.54) is 4.88 Å². The summed E-state index contributed by atoms with van der Waals surface area (Å²) in [6.07, 6.45) is 8.07. The average Bonchev–Trinajstić information content (AvgIpc) is 3.14. The van der Waals surface area contributed by atoms with Gasteiger partial charge >= 0.3 is 0 Å². The van der Waals surface area contributed by atoms with Crippen molar-refractivity contribution in [1.82, 2.24) is 14.9 Å². The van der Waals surface area contributed by atoms with Crippen molar-refractivity contribution in [3.63, 3.8) is 0 Å². The lowest BCUT2D eigenvalue weighted by Gasteiger charge is -2.37. The Balaban J connectivity index is 1.50. The smallest absolute Gasteiger partial charge is 0.220 e. The van der Waals surface area contributed by atoms with Crippen LogP contribution in [0.2, 0.25) is 0 Å². The molecule has 6 heteroatoms. The van der Waals surface area contributed by atoms with Gasteiger partial charge in [0, 0.05) is 30.2 Å². The van der Waals surface area contributed by atoms with E-state index in [0.29, 0.717) is 12.3 Å². The van der Waals surface area contributed by atoms with Gasteiger partial charge in [0.05, 0.1) is 18.5 Å². The quantitative estimate of drug-likeness (QED) is 0.823. The molecule has 1 amide bonds. The van der Waals surface area contributed by atoms with Crippen LogP contribution in [0.4, 0.5) is 0 Å². The number of aryl methyl sites for hydroxylation is 1. The highest BCUT2D eigenvalue weighted by Gasteiger charge is 2.35. The monoisotopic (exact) mass is 319 g/mol. The molecule has 5 nitrogen and oxygen atoms in total. The van der Waals surface area contributed by atoms with E-state index in [2.05, 4.69) is 16.4 Å². The van der Waals surface area contributed by atoms with Gasteiger partial charge in [-0.05, 0) is 36.6 Å². The van der Waals surface area contributed by atoms with Crippen molar-refractivity contribution in [2.24, 2.45) is 5.92 Å². The zero-order chi connectivity index (χ0) is 15.4. The number of aliphatic hydroxyl groups excluding tert-OH is 1. The van der Waals surface area contributed by atoms with Crippen molar-refractivity contribution in [1.29, 1.82) is 0 Å². The van der Waals surface area contributed by atoms with Gasteiger partial charge in [0.15, 0.2) is 0 Å². The lowest BCUT2D eigenvalue weighted by molar-refractivity contribution is -0.123. The second-order valence-corrected chi connectivity index (χ2v) is 6.83. The first-order valence-electron chi connectivity index (χ1n) is 7.69. The zero-order valence-electron chi connectivity index (χ0n) is 12.4. The molecular weight excluding hydrogens is 298 g/mol. The van der Waals surface area contributed by atoms with E-state index in [9.17, 15) is 9.90 Å². The van der Waals surface area contributed by atoms with Crippen molar-refractivity contribution in [2.45, 2.75) is 44.4 Å². The van der Waals surface area contributed by atoms with E-state index < -0.39 is 0 Å². The Morgan fingerprint density at radius 3 is 3.05 bits per heavy atom. The van der Waals surface area contributed by atoms with Crippen molar-refractivity contribution in [2.75, 3.05) is 0 Å². The maximum Gasteiger partial charge on any atom is 0.220 e. The molecule has 22 heavy (non-hydrogen) atoms. The van der Waals surface area contributed by atoms with Crippen molar-refractivity contribution < 1.29 is 9.90 Å². The molecule has 1 fully saturated rings. The number of nitrogens with one attached hydrogen (secondary N) is 1. The molecule has 0 aliphatic heterocycles. The first kappa shape index (κ1) is 15.2. The number of hydrogen-bond donors (Lipinski definition) is 2. The highest BCUT2D eigenvalue weighted by molar-refractivity contribution is 7.10. The molecule has 0 bridgehead atoms. The van der Waals surface area contributed by atoms with Crippen LogP contribution >= 0.6 is 11.3 Å². The largest absolute Gasteiger partial charge is 0.393 e. The van der Waals surface area contributed by atoms with Crippen LogP contribution in [0.3, 0.4) is 0 Å². The summed E-state index contributed by atoms with van der Waals surface area (Å²) in [5.74, 6) is 0.436. The van der Waals surface area contributed by atoms with Crippen LogP contribution < -0.4 is 5.32 Å². The molecule has 0 saturated heterocycles. The molecule has 0 unspecified atom stereocenters.